The van der Waals surface area contributed by atoms with Crippen LogP contribution in [0.1, 0.15) is 19.8 Å². The van der Waals surface area contributed by atoms with Crippen LogP contribution in [-0.4, -0.2) is 18.5 Å². The fourth-order valence-electron chi connectivity index (χ4n) is 0.925. The lowest BCUT2D eigenvalue weighted by atomic mass is 10.0. The van der Waals surface area contributed by atoms with Gasteiger partial charge in [-0.05, 0) is 13.3 Å². The van der Waals surface area contributed by atoms with Gasteiger partial charge in [-0.3, -0.25) is 4.79 Å². The third kappa shape index (κ3) is 5.00. The molecular weight excluding hydrogens is 172 g/mol. The van der Waals surface area contributed by atoms with E-state index in [0.717, 1.165) is 0 Å². The van der Waals surface area contributed by atoms with Crippen LogP contribution in [0.3, 0.4) is 0 Å². The first-order valence-corrected chi connectivity index (χ1v) is 4.09. The minimum absolute atomic E-state index is 0.250. The van der Waals surface area contributed by atoms with Gasteiger partial charge in [-0.2, -0.15) is 0 Å². The van der Waals surface area contributed by atoms with Gasteiger partial charge in [0.2, 0.25) is 0 Å². The Morgan fingerprint density at radius 1 is 1.62 bits per heavy atom. The van der Waals surface area contributed by atoms with Crippen LogP contribution < -0.4 is 5.11 Å². The molecule has 0 aromatic heterocycles. The van der Waals surface area contributed by atoms with Crippen LogP contribution in [0.4, 0.5) is 0 Å². The maximum atomic E-state index is 11.1. The number of ether oxygens (including phenoxy) is 1. The average Bonchev–Trinajstić information content (AvgIpc) is 2.03. The lowest BCUT2D eigenvalue weighted by Crippen LogP contribution is -2.29. The summed E-state index contributed by atoms with van der Waals surface area (Å²) in [7, 11) is 0. The highest BCUT2D eigenvalue weighted by atomic mass is 16.5. The maximum absolute atomic E-state index is 11.1. The molecule has 0 saturated heterocycles. The molecule has 0 aromatic rings. The van der Waals surface area contributed by atoms with Gasteiger partial charge in [0.05, 0.1) is 12.5 Å². The summed E-state index contributed by atoms with van der Waals surface area (Å²) < 4.78 is 4.68. The predicted molar refractivity (Wildman–Crippen MR) is 44.6 cm³/mol. The van der Waals surface area contributed by atoms with E-state index in [1.54, 1.807) is 6.92 Å². The molecule has 0 amide bonds. The van der Waals surface area contributed by atoms with Gasteiger partial charge < -0.3 is 14.6 Å². The quantitative estimate of drug-likeness (QED) is 0.427. The Hall–Kier alpha value is -1.32. The van der Waals surface area contributed by atoms with Crippen LogP contribution in [0.2, 0.25) is 0 Å². The number of carbonyl (C=O) groups excluding carboxylic acids is 2. The van der Waals surface area contributed by atoms with E-state index in [-0.39, 0.29) is 13.0 Å². The molecule has 4 heteroatoms. The first kappa shape index (κ1) is 11.7. The molecule has 0 spiro atoms. The number of carboxylic acid groups (broad SMARTS) is 1. The van der Waals surface area contributed by atoms with Crippen molar-refractivity contribution in [2.24, 2.45) is 5.92 Å². The highest BCUT2D eigenvalue weighted by Gasteiger charge is 2.17. The largest absolute Gasteiger partial charge is 0.550 e. The first-order valence-electron chi connectivity index (χ1n) is 4.09. The number of hydrogen-bond donors (Lipinski definition) is 0. The zero-order valence-corrected chi connectivity index (χ0v) is 7.62. The summed E-state index contributed by atoms with van der Waals surface area (Å²) in [6, 6.07) is 0. The lowest BCUT2D eigenvalue weighted by Gasteiger charge is -2.13. The van der Waals surface area contributed by atoms with E-state index < -0.39 is 17.9 Å². The van der Waals surface area contributed by atoms with Gasteiger partial charge in [-0.15, -0.1) is 6.58 Å². The van der Waals surface area contributed by atoms with Gasteiger partial charge in [0.25, 0.3) is 0 Å². The number of esters is 1. The molecule has 0 rings (SSSR count). The van der Waals surface area contributed by atoms with Gasteiger partial charge in [-0.1, -0.05) is 6.08 Å². The van der Waals surface area contributed by atoms with E-state index in [0.29, 0.717) is 6.42 Å². The molecule has 13 heavy (non-hydrogen) atoms. The molecule has 0 fully saturated rings. The second kappa shape index (κ2) is 6.22. The number of allylic oxidation sites excluding steroid dienone is 1. The van der Waals surface area contributed by atoms with Crippen LogP contribution in [0, 0.1) is 5.92 Å². The molecule has 1 unspecified atom stereocenters. The normalized spacial score (nSPS) is 11.8. The van der Waals surface area contributed by atoms with E-state index in [1.165, 1.54) is 6.08 Å². The third-order valence-corrected chi connectivity index (χ3v) is 1.48. The van der Waals surface area contributed by atoms with E-state index in [1.807, 2.05) is 0 Å². The summed E-state index contributed by atoms with van der Waals surface area (Å²) in [4.78, 5) is 21.3. The number of carboxylic acids is 1. The highest BCUT2D eigenvalue weighted by molar-refractivity contribution is 5.78. The van der Waals surface area contributed by atoms with E-state index in [2.05, 4.69) is 11.3 Å². The Balaban J connectivity index is 4.13. The van der Waals surface area contributed by atoms with Crippen molar-refractivity contribution in [2.45, 2.75) is 19.8 Å². The molecule has 74 valence electrons. The third-order valence-electron chi connectivity index (χ3n) is 1.48. The van der Waals surface area contributed by atoms with Crippen molar-refractivity contribution in [3.8, 4) is 0 Å². The summed E-state index contributed by atoms with van der Waals surface area (Å²) >= 11 is 0. The molecule has 0 aliphatic carbocycles. The van der Waals surface area contributed by atoms with Crippen molar-refractivity contribution in [1.29, 1.82) is 0 Å². The van der Waals surface area contributed by atoms with Crippen molar-refractivity contribution < 1.29 is 19.4 Å². The van der Waals surface area contributed by atoms with Crippen molar-refractivity contribution in [3.05, 3.63) is 12.7 Å². The van der Waals surface area contributed by atoms with Crippen LogP contribution in [0.25, 0.3) is 0 Å². The van der Waals surface area contributed by atoms with Crippen LogP contribution in [-0.2, 0) is 14.3 Å². The number of carbonyl (C=O) groups is 2. The van der Waals surface area contributed by atoms with Crippen molar-refractivity contribution in [2.75, 3.05) is 6.61 Å². The minimum atomic E-state index is -1.25. The van der Waals surface area contributed by atoms with Crippen LogP contribution in [0.5, 0.6) is 0 Å². The maximum Gasteiger partial charge on any atom is 0.309 e. The van der Waals surface area contributed by atoms with Gasteiger partial charge in [0, 0.05) is 12.4 Å². The molecule has 0 saturated carbocycles. The molecule has 0 radical (unpaired) electrons. The average molecular weight is 185 g/mol. The topological polar surface area (TPSA) is 66.4 Å². The highest BCUT2D eigenvalue weighted by Crippen LogP contribution is 2.10. The van der Waals surface area contributed by atoms with Crippen molar-refractivity contribution in [3.63, 3.8) is 0 Å². The molecule has 0 aliphatic rings. The standard InChI is InChI=1S/C9H14O4/c1-3-5-7(6-8(10)11)9(12)13-4-2/h3,7H,1,4-6H2,2H3,(H,10,11)/p-1. The lowest BCUT2D eigenvalue weighted by molar-refractivity contribution is -0.306. The fourth-order valence-corrected chi connectivity index (χ4v) is 0.925. The number of hydrogen-bond acceptors (Lipinski definition) is 4. The monoisotopic (exact) mass is 185 g/mol. The first-order chi connectivity index (χ1) is 6.11. The van der Waals surface area contributed by atoms with Gasteiger partial charge in [0.15, 0.2) is 0 Å². The molecule has 4 nitrogen and oxygen atoms in total. The summed E-state index contributed by atoms with van der Waals surface area (Å²) in [5, 5.41) is 10.2. The minimum Gasteiger partial charge on any atom is -0.550 e. The molecular formula is C9H13O4-. The Morgan fingerprint density at radius 2 is 2.23 bits per heavy atom. The molecule has 0 aromatic carbocycles. The van der Waals surface area contributed by atoms with Crippen LogP contribution >= 0.6 is 0 Å². The molecule has 0 aliphatic heterocycles. The van der Waals surface area contributed by atoms with Crippen molar-refractivity contribution >= 4 is 11.9 Å². The molecule has 0 heterocycles. The second-order valence-electron chi connectivity index (χ2n) is 2.55. The zero-order chi connectivity index (χ0) is 10.3. The fraction of sp³-hybridized carbons (Fsp3) is 0.556. The molecule has 0 bridgehead atoms. The Kier molecular flexibility index (Phi) is 5.59. The van der Waals surface area contributed by atoms with E-state index in [9.17, 15) is 14.7 Å². The zero-order valence-electron chi connectivity index (χ0n) is 7.62. The van der Waals surface area contributed by atoms with Gasteiger partial charge in [0.1, 0.15) is 0 Å². The molecule has 0 N–H and O–H groups in total. The SMILES string of the molecule is C=CCC(CC(=O)[O-])C(=O)OCC. The summed E-state index contributed by atoms with van der Waals surface area (Å²) in [5.41, 5.74) is 0. The van der Waals surface area contributed by atoms with Gasteiger partial charge >= 0.3 is 5.97 Å². The molecule has 1 atom stereocenters. The number of aliphatic carboxylic acids is 1. The predicted octanol–water partition coefficient (Wildman–Crippen LogP) is -0.118. The van der Waals surface area contributed by atoms with E-state index in [4.69, 9.17) is 0 Å². The van der Waals surface area contributed by atoms with Crippen LogP contribution in [0.15, 0.2) is 12.7 Å². The Morgan fingerprint density at radius 3 is 2.62 bits per heavy atom. The smallest absolute Gasteiger partial charge is 0.309 e. The second-order valence-corrected chi connectivity index (χ2v) is 2.55. The summed E-state index contributed by atoms with van der Waals surface area (Å²) in [6.45, 7) is 5.35. The summed E-state index contributed by atoms with van der Waals surface area (Å²) in [6.07, 6.45) is 1.47. The van der Waals surface area contributed by atoms with Gasteiger partial charge in [-0.25, -0.2) is 0 Å². The van der Waals surface area contributed by atoms with E-state index >= 15 is 0 Å². The summed E-state index contributed by atoms with van der Waals surface area (Å²) in [5.74, 6) is -2.42. The van der Waals surface area contributed by atoms with Crippen molar-refractivity contribution in [1.82, 2.24) is 0 Å². The Bertz CT molecular complexity index is 198. The number of rotatable bonds is 6. The Labute approximate surface area is 77.2 Å².